The maximum absolute atomic E-state index is 13.9. The molecule has 3 aliphatic heterocycles. The van der Waals surface area contributed by atoms with Crippen molar-refractivity contribution in [3.05, 3.63) is 73.7 Å². The molecule has 2 fully saturated rings. The number of amides is 3. The van der Waals surface area contributed by atoms with Crippen molar-refractivity contribution in [1.29, 1.82) is 0 Å². The summed E-state index contributed by atoms with van der Waals surface area (Å²) < 4.78 is 1.44. The first-order chi connectivity index (χ1) is 18.3. The van der Waals surface area contributed by atoms with Crippen LogP contribution in [0.3, 0.4) is 0 Å². The van der Waals surface area contributed by atoms with Gasteiger partial charge in [-0.15, -0.1) is 0 Å². The van der Waals surface area contributed by atoms with Gasteiger partial charge < -0.3 is 10.0 Å². The van der Waals surface area contributed by atoms with Gasteiger partial charge in [0.05, 0.1) is 16.6 Å². The van der Waals surface area contributed by atoms with Gasteiger partial charge in [0.2, 0.25) is 17.7 Å². The SMILES string of the molecule is O=C(Cn1c2c(sc1=O)C(c1ccccc1O)C1C(=O)N(c3ccc(Cl)cc3)C(=O)C1S2)N1CCCCC1. The highest BCUT2D eigenvalue weighted by atomic mass is 35.5. The number of carbonyl (C=O) groups is 3. The monoisotopic (exact) mass is 569 g/mol. The second kappa shape index (κ2) is 9.91. The van der Waals surface area contributed by atoms with Gasteiger partial charge in [0.25, 0.3) is 0 Å². The van der Waals surface area contributed by atoms with Gasteiger partial charge in [-0.05, 0) is 49.6 Å². The van der Waals surface area contributed by atoms with Gasteiger partial charge in [0.1, 0.15) is 17.5 Å². The number of nitrogens with zero attached hydrogens (tertiary/aromatic N) is 3. The quantitative estimate of drug-likeness (QED) is 0.475. The molecule has 196 valence electrons. The first-order valence-electron chi connectivity index (χ1n) is 12.4. The Morgan fingerprint density at radius 1 is 0.974 bits per heavy atom. The van der Waals surface area contributed by atoms with E-state index in [0.717, 1.165) is 42.4 Å². The van der Waals surface area contributed by atoms with E-state index in [9.17, 15) is 24.3 Å². The number of carbonyl (C=O) groups excluding carboxylic acids is 3. The number of anilines is 1. The molecule has 0 saturated carbocycles. The van der Waals surface area contributed by atoms with Crippen molar-refractivity contribution in [2.75, 3.05) is 18.0 Å². The summed E-state index contributed by atoms with van der Waals surface area (Å²) in [6.07, 6.45) is 2.96. The minimum Gasteiger partial charge on any atom is -0.508 e. The van der Waals surface area contributed by atoms with Crippen LogP contribution in [0, 0.1) is 5.92 Å². The molecule has 2 saturated heterocycles. The highest BCUT2D eigenvalue weighted by Gasteiger charge is 2.57. The number of thiazole rings is 1. The Bertz CT molecular complexity index is 1500. The van der Waals surface area contributed by atoms with E-state index in [1.54, 1.807) is 47.4 Å². The molecular formula is C27H24ClN3O5S2. The van der Waals surface area contributed by atoms with Gasteiger partial charge in [-0.25, -0.2) is 4.90 Å². The molecule has 1 aromatic heterocycles. The molecule has 11 heteroatoms. The van der Waals surface area contributed by atoms with Crippen molar-refractivity contribution in [3.8, 4) is 5.75 Å². The number of piperidine rings is 1. The van der Waals surface area contributed by atoms with E-state index in [1.165, 1.54) is 15.5 Å². The zero-order chi connectivity index (χ0) is 26.6. The van der Waals surface area contributed by atoms with E-state index in [1.807, 2.05) is 0 Å². The first kappa shape index (κ1) is 25.2. The van der Waals surface area contributed by atoms with Gasteiger partial charge in [-0.1, -0.05) is 52.9 Å². The molecule has 1 N–H and O–H groups in total. The number of aromatic nitrogens is 1. The third-order valence-electron chi connectivity index (χ3n) is 7.41. The topological polar surface area (TPSA) is 99.9 Å². The van der Waals surface area contributed by atoms with E-state index < -0.39 is 28.9 Å². The highest BCUT2D eigenvalue weighted by molar-refractivity contribution is 8.00. The zero-order valence-corrected chi connectivity index (χ0v) is 22.6. The van der Waals surface area contributed by atoms with Crippen molar-refractivity contribution in [2.24, 2.45) is 5.92 Å². The normalized spacial score (nSPS) is 22.9. The predicted octanol–water partition coefficient (Wildman–Crippen LogP) is 4.08. The second-order valence-electron chi connectivity index (χ2n) is 9.65. The molecule has 8 nitrogen and oxygen atoms in total. The van der Waals surface area contributed by atoms with E-state index in [-0.39, 0.29) is 23.1 Å². The number of imide groups is 1. The lowest BCUT2D eigenvalue weighted by Crippen LogP contribution is -2.39. The van der Waals surface area contributed by atoms with Gasteiger partial charge >= 0.3 is 4.87 Å². The van der Waals surface area contributed by atoms with Crippen LogP contribution in [0.25, 0.3) is 0 Å². The van der Waals surface area contributed by atoms with Crippen LogP contribution >= 0.6 is 34.7 Å². The molecule has 3 aromatic rings. The Balaban J connectivity index is 1.45. The average Bonchev–Trinajstić information content (AvgIpc) is 3.36. The van der Waals surface area contributed by atoms with Gasteiger partial charge in [0, 0.05) is 34.5 Å². The van der Waals surface area contributed by atoms with Crippen molar-refractivity contribution in [3.63, 3.8) is 0 Å². The summed E-state index contributed by atoms with van der Waals surface area (Å²) in [6, 6.07) is 13.2. The van der Waals surface area contributed by atoms with E-state index in [2.05, 4.69) is 0 Å². The first-order valence-corrected chi connectivity index (χ1v) is 14.5. The van der Waals surface area contributed by atoms with Crippen LogP contribution in [-0.2, 0) is 20.9 Å². The fourth-order valence-corrected chi connectivity index (χ4v) is 8.45. The second-order valence-corrected chi connectivity index (χ2v) is 12.2. The lowest BCUT2D eigenvalue weighted by molar-refractivity contribution is -0.133. The standard InChI is InChI=1S/C27H24ClN3O5S2/c28-15-8-10-16(11-9-15)31-24(34)21-20(17-6-2-3-7-18(17)32)23-26(37-22(21)25(31)35)30(27(36)38-23)14-19(33)29-12-4-1-5-13-29/h2-3,6-11,20-22,32H,1,4-5,12-14H2. The number of halogens is 1. The molecule has 0 aliphatic carbocycles. The number of phenols is 1. The van der Waals surface area contributed by atoms with Crippen molar-refractivity contribution < 1.29 is 19.5 Å². The maximum atomic E-state index is 13.9. The fraction of sp³-hybridized carbons (Fsp3) is 0.333. The van der Waals surface area contributed by atoms with Crippen LogP contribution in [0.2, 0.25) is 5.02 Å². The number of benzene rings is 2. The molecular weight excluding hydrogens is 546 g/mol. The van der Waals surface area contributed by atoms with Gasteiger partial charge in [-0.3, -0.25) is 23.7 Å². The predicted molar refractivity (Wildman–Crippen MR) is 146 cm³/mol. The molecule has 3 unspecified atom stereocenters. The van der Waals surface area contributed by atoms with Crippen LogP contribution in [0.15, 0.2) is 58.4 Å². The van der Waals surface area contributed by atoms with Crippen LogP contribution in [0.1, 0.15) is 35.6 Å². The lowest BCUT2D eigenvalue weighted by Gasteiger charge is -2.31. The van der Waals surface area contributed by atoms with Gasteiger partial charge in [0.15, 0.2) is 0 Å². The average molecular weight is 570 g/mol. The molecule has 6 rings (SSSR count). The van der Waals surface area contributed by atoms with Crippen molar-refractivity contribution in [2.45, 2.75) is 42.0 Å². The van der Waals surface area contributed by atoms with E-state index in [4.69, 9.17) is 11.6 Å². The Kier molecular flexibility index (Phi) is 6.57. The Morgan fingerprint density at radius 2 is 1.68 bits per heavy atom. The van der Waals surface area contributed by atoms with Crippen LogP contribution in [0.4, 0.5) is 5.69 Å². The largest absolute Gasteiger partial charge is 0.508 e. The molecule has 3 amide bonds. The number of para-hydroxylation sites is 1. The Labute approximate surface area is 231 Å². The molecule has 2 aromatic carbocycles. The smallest absolute Gasteiger partial charge is 0.308 e. The van der Waals surface area contributed by atoms with Crippen LogP contribution < -0.4 is 9.77 Å². The summed E-state index contributed by atoms with van der Waals surface area (Å²) in [5, 5.41) is 11.0. The maximum Gasteiger partial charge on any atom is 0.308 e. The number of phenolic OH excluding ortho intramolecular Hbond substituents is 1. The highest BCUT2D eigenvalue weighted by Crippen LogP contribution is 2.55. The zero-order valence-electron chi connectivity index (χ0n) is 20.2. The molecule has 0 spiro atoms. The molecule has 0 bridgehead atoms. The number of hydrogen-bond donors (Lipinski definition) is 1. The number of hydrogen-bond acceptors (Lipinski definition) is 7. The van der Waals surface area contributed by atoms with Crippen LogP contribution in [0.5, 0.6) is 5.75 Å². The number of aromatic hydroxyl groups is 1. The van der Waals surface area contributed by atoms with Crippen LogP contribution in [-0.4, -0.2) is 50.6 Å². The molecule has 38 heavy (non-hydrogen) atoms. The van der Waals surface area contributed by atoms with E-state index >= 15 is 0 Å². The summed E-state index contributed by atoms with van der Waals surface area (Å²) in [4.78, 5) is 57.1. The van der Waals surface area contributed by atoms with Gasteiger partial charge in [-0.2, -0.15) is 0 Å². The minimum absolute atomic E-state index is 0.0175. The number of rotatable bonds is 4. The third-order valence-corrected chi connectivity index (χ3v) is 10.3. The molecule has 0 radical (unpaired) electrons. The lowest BCUT2D eigenvalue weighted by atomic mass is 9.82. The Hall–Kier alpha value is -3.08. The summed E-state index contributed by atoms with van der Waals surface area (Å²) in [5.41, 5.74) is 0.885. The molecule has 4 heterocycles. The number of thioether (sulfide) groups is 1. The van der Waals surface area contributed by atoms with Crippen molar-refractivity contribution in [1.82, 2.24) is 9.47 Å². The summed E-state index contributed by atoms with van der Waals surface area (Å²) in [5.74, 6) is -2.48. The number of likely N-dealkylation sites (tertiary alicyclic amines) is 1. The van der Waals surface area contributed by atoms with Crippen molar-refractivity contribution >= 4 is 58.1 Å². The van der Waals surface area contributed by atoms with E-state index in [0.29, 0.717) is 39.3 Å². The molecule has 3 aliphatic rings. The Morgan fingerprint density at radius 3 is 2.39 bits per heavy atom. The number of fused-ring (bicyclic) bond motifs is 2. The minimum atomic E-state index is -0.826. The third kappa shape index (κ3) is 4.15. The molecule has 3 atom stereocenters. The summed E-state index contributed by atoms with van der Waals surface area (Å²) in [7, 11) is 0. The summed E-state index contributed by atoms with van der Waals surface area (Å²) >= 11 is 8.17. The fourth-order valence-electron chi connectivity index (χ4n) is 5.56. The summed E-state index contributed by atoms with van der Waals surface area (Å²) in [6.45, 7) is 1.22.